The van der Waals surface area contributed by atoms with Crippen molar-refractivity contribution in [3.63, 3.8) is 0 Å². The van der Waals surface area contributed by atoms with Crippen LogP contribution in [0.3, 0.4) is 0 Å². The van der Waals surface area contributed by atoms with Crippen molar-refractivity contribution in [2.75, 3.05) is 25.2 Å². The standard InChI is InChI=1S/C19H27N5O2/c1-3-4-7-16(12-25)23(2)19-17(10-20-14-21-19)26-13-15-11-24-9-6-5-8-18(24)22-15/h5-6,8-11,14,16,18,22,25H,3-4,7,12-13H2,1-2H3/t16-,18?/m0/s1. The van der Waals surface area contributed by atoms with Crippen molar-refractivity contribution in [2.45, 2.75) is 38.4 Å². The minimum atomic E-state index is 0.0141. The second-order valence-corrected chi connectivity index (χ2v) is 6.51. The summed E-state index contributed by atoms with van der Waals surface area (Å²) in [5, 5.41) is 13.1. The van der Waals surface area contributed by atoms with Crippen LogP contribution in [0.1, 0.15) is 26.2 Å². The number of aliphatic hydroxyl groups excluding tert-OH is 1. The van der Waals surface area contributed by atoms with Gasteiger partial charge in [0.15, 0.2) is 11.6 Å². The molecule has 0 aliphatic carbocycles. The first-order chi connectivity index (χ1) is 12.7. The van der Waals surface area contributed by atoms with Gasteiger partial charge in [0.25, 0.3) is 0 Å². The molecule has 2 N–H and O–H groups in total. The Bertz CT molecular complexity index is 688. The van der Waals surface area contributed by atoms with E-state index in [0.717, 1.165) is 25.0 Å². The summed E-state index contributed by atoms with van der Waals surface area (Å²) < 4.78 is 5.99. The third kappa shape index (κ3) is 4.16. The molecule has 2 atom stereocenters. The van der Waals surface area contributed by atoms with Crippen molar-refractivity contribution in [1.82, 2.24) is 20.2 Å². The van der Waals surface area contributed by atoms with Crippen LogP contribution in [-0.4, -0.2) is 52.4 Å². The van der Waals surface area contributed by atoms with Gasteiger partial charge in [-0.1, -0.05) is 25.8 Å². The van der Waals surface area contributed by atoms with E-state index in [1.54, 1.807) is 6.20 Å². The molecule has 0 saturated carbocycles. The number of ether oxygens (including phenoxy) is 1. The van der Waals surface area contributed by atoms with Gasteiger partial charge in [-0.2, -0.15) is 0 Å². The van der Waals surface area contributed by atoms with Crippen molar-refractivity contribution in [3.05, 3.63) is 48.8 Å². The number of nitrogens with one attached hydrogen (secondary N) is 1. The summed E-state index contributed by atoms with van der Waals surface area (Å²) in [7, 11) is 1.94. The van der Waals surface area contributed by atoms with E-state index in [-0.39, 0.29) is 18.8 Å². The molecule has 1 aromatic rings. The van der Waals surface area contributed by atoms with Gasteiger partial charge in [-0.15, -0.1) is 0 Å². The summed E-state index contributed by atoms with van der Waals surface area (Å²) in [5.41, 5.74) is 0.994. The summed E-state index contributed by atoms with van der Waals surface area (Å²) in [6.45, 7) is 2.64. The van der Waals surface area contributed by atoms with E-state index in [1.165, 1.54) is 6.33 Å². The van der Waals surface area contributed by atoms with Crippen molar-refractivity contribution in [3.8, 4) is 5.75 Å². The zero-order valence-corrected chi connectivity index (χ0v) is 15.4. The molecule has 1 unspecified atom stereocenters. The maximum Gasteiger partial charge on any atom is 0.180 e. The lowest BCUT2D eigenvalue weighted by Crippen LogP contribution is -2.35. The molecule has 2 aliphatic heterocycles. The van der Waals surface area contributed by atoms with Gasteiger partial charge in [-0.3, -0.25) is 0 Å². The Morgan fingerprint density at radius 3 is 3.08 bits per heavy atom. The van der Waals surface area contributed by atoms with Crippen molar-refractivity contribution < 1.29 is 9.84 Å². The normalized spacial score (nSPS) is 19.0. The van der Waals surface area contributed by atoms with E-state index in [4.69, 9.17) is 4.74 Å². The number of anilines is 1. The average molecular weight is 357 g/mol. The Kier molecular flexibility index (Phi) is 6.12. The minimum absolute atomic E-state index is 0.0141. The molecule has 1 aromatic heterocycles. The fraction of sp³-hybridized carbons (Fsp3) is 0.474. The van der Waals surface area contributed by atoms with Crippen LogP contribution in [0.5, 0.6) is 5.75 Å². The number of fused-ring (bicyclic) bond motifs is 1. The lowest BCUT2D eigenvalue weighted by molar-refractivity contribution is 0.252. The Labute approximate surface area is 154 Å². The molecule has 0 bridgehead atoms. The number of unbranched alkanes of at least 4 members (excludes halogenated alkanes) is 1. The number of aliphatic hydroxyl groups is 1. The largest absolute Gasteiger partial charge is 0.482 e. The highest BCUT2D eigenvalue weighted by Gasteiger charge is 2.23. The molecule has 140 valence electrons. The zero-order chi connectivity index (χ0) is 18.4. The van der Waals surface area contributed by atoms with E-state index < -0.39 is 0 Å². The van der Waals surface area contributed by atoms with Crippen LogP contribution in [0.2, 0.25) is 0 Å². The van der Waals surface area contributed by atoms with Gasteiger partial charge in [0.1, 0.15) is 19.1 Å². The third-order valence-electron chi connectivity index (χ3n) is 4.65. The Morgan fingerprint density at radius 2 is 2.31 bits per heavy atom. The second kappa shape index (κ2) is 8.71. The van der Waals surface area contributed by atoms with Crippen molar-refractivity contribution in [2.24, 2.45) is 0 Å². The Hall–Kier alpha value is -2.54. The van der Waals surface area contributed by atoms with E-state index in [0.29, 0.717) is 18.2 Å². The molecule has 7 heteroatoms. The summed E-state index contributed by atoms with van der Waals surface area (Å²) in [4.78, 5) is 12.6. The minimum Gasteiger partial charge on any atom is -0.482 e. The second-order valence-electron chi connectivity index (χ2n) is 6.51. The van der Waals surface area contributed by atoms with Crippen LogP contribution in [-0.2, 0) is 0 Å². The number of allylic oxidation sites excluding steroid dienone is 2. The fourth-order valence-electron chi connectivity index (χ4n) is 3.10. The number of likely N-dealkylation sites (N-methyl/N-ethyl adjacent to an activating group) is 1. The lowest BCUT2D eigenvalue weighted by atomic mass is 10.1. The molecular weight excluding hydrogens is 330 g/mol. The number of hydrogen-bond acceptors (Lipinski definition) is 7. The van der Waals surface area contributed by atoms with Crippen molar-refractivity contribution >= 4 is 5.82 Å². The summed E-state index contributed by atoms with van der Waals surface area (Å²) in [5.74, 6) is 1.31. The first kappa shape index (κ1) is 18.3. The van der Waals surface area contributed by atoms with Gasteiger partial charge >= 0.3 is 0 Å². The van der Waals surface area contributed by atoms with Gasteiger partial charge in [0.05, 0.1) is 24.5 Å². The van der Waals surface area contributed by atoms with Crippen LogP contribution < -0.4 is 15.0 Å². The maximum atomic E-state index is 9.73. The monoisotopic (exact) mass is 357 g/mol. The van der Waals surface area contributed by atoms with E-state index in [2.05, 4.69) is 33.2 Å². The molecule has 0 radical (unpaired) electrons. The van der Waals surface area contributed by atoms with Gasteiger partial charge < -0.3 is 25.0 Å². The quantitative estimate of drug-likeness (QED) is 0.700. The number of aromatic nitrogens is 2. The maximum absolute atomic E-state index is 9.73. The molecule has 0 saturated heterocycles. The topological polar surface area (TPSA) is 73.8 Å². The SMILES string of the molecule is CCCC[C@@H](CO)N(C)c1ncncc1OCC1=CN2C=CC=CC2N1. The predicted octanol–water partition coefficient (Wildman–Crippen LogP) is 2.00. The first-order valence-electron chi connectivity index (χ1n) is 9.09. The van der Waals surface area contributed by atoms with E-state index in [1.807, 2.05) is 36.5 Å². The van der Waals surface area contributed by atoms with Crippen molar-refractivity contribution in [1.29, 1.82) is 0 Å². The van der Waals surface area contributed by atoms with E-state index in [9.17, 15) is 5.11 Å². The summed E-state index contributed by atoms with van der Waals surface area (Å²) >= 11 is 0. The Morgan fingerprint density at radius 1 is 1.42 bits per heavy atom. The van der Waals surface area contributed by atoms with E-state index >= 15 is 0 Å². The molecule has 0 amide bonds. The zero-order valence-electron chi connectivity index (χ0n) is 15.4. The highest BCUT2D eigenvalue weighted by atomic mass is 16.5. The molecule has 0 fully saturated rings. The molecular formula is C19H27N5O2. The first-order valence-corrected chi connectivity index (χ1v) is 9.09. The van der Waals surface area contributed by atoms with Crippen LogP contribution in [0.25, 0.3) is 0 Å². The van der Waals surface area contributed by atoms with Gasteiger partial charge in [-0.05, 0) is 18.6 Å². The van der Waals surface area contributed by atoms with Crippen LogP contribution in [0, 0.1) is 0 Å². The van der Waals surface area contributed by atoms with Gasteiger partial charge in [0.2, 0.25) is 0 Å². The number of hydrogen-bond donors (Lipinski definition) is 2. The number of nitrogens with zero attached hydrogens (tertiary/aromatic N) is 4. The molecule has 7 nitrogen and oxygen atoms in total. The molecule has 3 heterocycles. The van der Waals surface area contributed by atoms with Gasteiger partial charge in [0, 0.05) is 19.4 Å². The van der Waals surface area contributed by atoms with Crippen LogP contribution in [0.4, 0.5) is 5.82 Å². The summed E-state index contributed by atoms with van der Waals surface area (Å²) in [6, 6.07) is 0.0141. The third-order valence-corrected chi connectivity index (χ3v) is 4.65. The number of rotatable bonds is 9. The Balaban J connectivity index is 1.65. The lowest BCUT2D eigenvalue weighted by Gasteiger charge is -2.28. The molecule has 3 rings (SSSR count). The fourth-order valence-corrected chi connectivity index (χ4v) is 3.10. The van der Waals surface area contributed by atoms with Crippen LogP contribution >= 0.6 is 0 Å². The molecule has 2 aliphatic rings. The molecule has 26 heavy (non-hydrogen) atoms. The highest BCUT2D eigenvalue weighted by molar-refractivity contribution is 5.51. The molecule has 0 spiro atoms. The summed E-state index contributed by atoms with van der Waals surface area (Å²) in [6.07, 6.45) is 16.6. The predicted molar refractivity (Wildman–Crippen MR) is 101 cm³/mol. The van der Waals surface area contributed by atoms with Gasteiger partial charge in [-0.25, -0.2) is 9.97 Å². The smallest absolute Gasteiger partial charge is 0.180 e. The van der Waals surface area contributed by atoms with Crippen LogP contribution in [0.15, 0.2) is 48.8 Å². The molecule has 0 aromatic carbocycles. The highest BCUT2D eigenvalue weighted by Crippen LogP contribution is 2.27. The average Bonchev–Trinajstić information content (AvgIpc) is 3.10.